The van der Waals surface area contributed by atoms with E-state index in [9.17, 15) is 8.78 Å². The van der Waals surface area contributed by atoms with Crippen LogP contribution in [0.5, 0.6) is 0 Å². The third-order valence-corrected chi connectivity index (χ3v) is 2.45. The van der Waals surface area contributed by atoms with Crippen molar-refractivity contribution in [2.24, 2.45) is 5.73 Å². The number of rotatable bonds is 2. The Balaban J connectivity index is 0.00000128. The Hall–Kier alpha value is -1.19. The van der Waals surface area contributed by atoms with Crippen LogP contribution in [0.4, 0.5) is 8.78 Å². The van der Waals surface area contributed by atoms with Crippen LogP contribution in [0.2, 0.25) is 0 Å². The van der Waals surface area contributed by atoms with Gasteiger partial charge in [-0.2, -0.15) is 0 Å². The zero-order valence-corrected chi connectivity index (χ0v) is 9.25. The SMILES string of the molecule is Cl.NC(c1cccc2ccccc12)C(F)F. The van der Waals surface area contributed by atoms with E-state index in [4.69, 9.17) is 5.73 Å². The van der Waals surface area contributed by atoms with Crippen LogP contribution in [-0.4, -0.2) is 6.43 Å². The summed E-state index contributed by atoms with van der Waals surface area (Å²) in [6.07, 6.45) is -2.53. The van der Waals surface area contributed by atoms with E-state index in [2.05, 4.69) is 0 Å². The molecule has 2 aromatic rings. The van der Waals surface area contributed by atoms with Crippen molar-refractivity contribution in [3.8, 4) is 0 Å². The molecule has 4 heteroatoms. The topological polar surface area (TPSA) is 26.0 Å². The lowest BCUT2D eigenvalue weighted by atomic mass is 9.99. The van der Waals surface area contributed by atoms with Gasteiger partial charge in [0.15, 0.2) is 0 Å². The summed E-state index contributed by atoms with van der Waals surface area (Å²) in [5, 5.41) is 1.74. The van der Waals surface area contributed by atoms with Crippen molar-refractivity contribution in [2.45, 2.75) is 12.5 Å². The van der Waals surface area contributed by atoms with Crippen LogP contribution in [-0.2, 0) is 0 Å². The van der Waals surface area contributed by atoms with Crippen molar-refractivity contribution in [3.05, 3.63) is 48.0 Å². The molecule has 0 aromatic heterocycles. The van der Waals surface area contributed by atoms with Gasteiger partial charge in [-0.15, -0.1) is 12.4 Å². The van der Waals surface area contributed by atoms with Crippen molar-refractivity contribution in [3.63, 3.8) is 0 Å². The molecule has 1 atom stereocenters. The van der Waals surface area contributed by atoms with Gasteiger partial charge < -0.3 is 5.73 Å². The molecule has 0 saturated heterocycles. The number of nitrogens with two attached hydrogens (primary N) is 1. The minimum atomic E-state index is -2.53. The maximum atomic E-state index is 12.5. The minimum Gasteiger partial charge on any atom is -0.319 e. The lowest BCUT2D eigenvalue weighted by molar-refractivity contribution is 0.117. The fourth-order valence-electron chi connectivity index (χ4n) is 1.68. The van der Waals surface area contributed by atoms with E-state index in [0.29, 0.717) is 5.56 Å². The first kappa shape index (κ1) is 12.9. The molecule has 2 aromatic carbocycles. The summed E-state index contributed by atoms with van der Waals surface area (Å²) < 4.78 is 25.0. The molecule has 2 N–H and O–H groups in total. The molecule has 0 bridgehead atoms. The lowest BCUT2D eigenvalue weighted by Gasteiger charge is -2.13. The van der Waals surface area contributed by atoms with Crippen molar-refractivity contribution in [1.29, 1.82) is 0 Å². The number of hydrogen-bond donors (Lipinski definition) is 1. The summed E-state index contributed by atoms with van der Waals surface area (Å²) in [6, 6.07) is 11.5. The van der Waals surface area contributed by atoms with Crippen LogP contribution in [0, 0.1) is 0 Å². The molecule has 0 radical (unpaired) electrons. The highest BCUT2D eigenvalue weighted by atomic mass is 35.5. The lowest BCUT2D eigenvalue weighted by Crippen LogP contribution is -2.19. The molecular formula is C12H12ClF2N. The van der Waals surface area contributed by atoms with Crippen LogP contribution >= 0.6 is 12.4 Å². The van der Waals surface area contributed by atoms with Gasteiger partial charge in [-0.1, -0.05) is 42.5 Å². The van der Waals surface area contributed by atoms with Crippen LogP contribution < -0.4 is 5.73 Å². The zero-order chi connectivity index (χ0) is 10.8. The average Bonchev–Trinajstić information content (AvgIpc) is 2.27. The summed E-state index contributed by atoms with van der Waals surface area (Å²) in [7, 11) is 0. The van der Waals surface area contributed by atoms with E-state index >= 15 is 0 Å². The molecule has 0 spiro atoms. The molecule has 86 valence electrons. The Morgan fingerprint density at radius 3 is 2.25 bits per heavy atom. The third kappa shape index (κ3) is 2.31. The molecule has 1 nitrogen and oxygen atoms in total. The first-order valence-electron chi connectivity index (χ1n) is 4.71. The van der Waals surface area contributed by atoms with Crippen LogP contribution in [0.25, 0.3) is 10.8 Å². The van der Waals surface area contributed by atoms with E-state index in [1.54, 1.807) is 12.1 Å². The molecule has 2 rings (SSSR count). The third-order valence-electron chi connectivity index (χ3n) is 2.45. The van der Waals surface area contributed by atoms with E-state index in [0.717, 1.165) is 10.8 Å². The Labute approximate surface area is 98.7 Å². The Morgan fingerprint density at radius 2 is 1.56 bits per heavy atom. The van der Waals surface area contributed by atoms with Gasteiger partial charge in [-0.3, -0.25) is 0 Å². The molecule has 0 amide bonds. The number of halogens is 3. The fraction of sp³-hybridized carbons (Fsp3) is 0.167. The standard InChI is InChI=1S/C12H11F2N.ClH/c13-12(14)11(15)10-7-3-5-8-4-1-2-6-9(8)10;/h1-7,11-12H,15H2;1H. The maximum Gasteiger partial charge on any atom is 0.257 e. The van der Waals surface area contributed by atoms with Gasteiger partial charge >= 0.3 is 0 Å². The quantitative estimate of drug-likeness (QED) is 0.858. The molecule has 0 aliphatic carbocycles. The Morgan fingerprint density at radius 1 is 0.938 bits per heavy atom. The summed E-state index contributed by atoms with van der Waals surface area (Å²) >= 11 is 0. The van der Waals surface area contributed by atoms with Crippen molar-refractivity contribution >= 4 is 23.2 Å². The zero-order valence-electron chi connectivity index (χ0n) is 8.44. The van der Waals surface area contributed by atoms with Gasteiger partial charge in [-0.25, -0.2) is 8.78 Å². The molecule has 0 heterocycles. The first-order valence-corrected chi connectivity index (χ1v) is 4.71. The second-order valence-electron chi connectivity index (χ2n) is 3.43. The second-order valence-corrected chi connectivity index (χ2v) is 3.43. The highest BCUT2D eigenvalue weighted by Gasteiger charge is 2.18. The van der Waals surface area contributed by atoms with E-state index in [1.165, 1.54) is 0 Å². The van der Waals surface area contributed by atoms with Gasteiger partial charge in [-0.05, 0) is 16.3 Å². The van der Waals surface area contributed by atoms with E-state index in [1.807, 2.05) is 30.3 Å². The van der Waals surface area contributed by atoms with Crippen molar-refractivity contribution < 1.29 is 8.78 Å². The summed E-state index contributed by atoms with van der Waals surface area (Å²) in [5.41, 5.74) is 5.96. The van der Waals surface area contributed by atoms with Crippen molar-refractivity contribution in [2.75, 3.05) is 0 Å². The monoisotopic (exact) mass is 243 g/mol. The number of fused-ring (bicyclic) bond motifs is 1. The molecule has 0 fully saturated rings. The van der Waals surface area contributed by atoms with Crippen LogP contribution in [0.1, 0.15) is 11.6 Å². The van der Waals surface area contributed by atoms with E-state index < -0.39 is 12.5 Å². The van der Waals surface area contributed by atoms with Crippen LogP contribution in [0.3, 0.4) is 0 Å². The number of benzene rings is 2. The van der Waals surface area contributed by atoms with Gasteiger partial charge in [0.05, 0.1) is 6.04 Å². The Bertz CT molecular complexity index is 468. The van der Waals surface area contributed by atoms with Gasteiger partial charge in [0.25, 0.3) is 6.43 Å². The summed E-state index contributed by atoms with van der Waals surface area (Å²) in [4.78, 5) is 0. The molecule has 0 aliphatic rings. The minimum absolute atomic E-state index is 0. The highest BCUT2D eigenvalue weighted by Crippen LogP contribution is 2.26. The highest BCUT2D eigenvalue weighted by molar-refractivity contribution is 5.86. The first-order chi connectivity index (χ1) is 7.20. The molecule has 16 heavy (non-hydrogen) atoms. The molecule has 0 aliphatic heterocycles. The molecular weight excluding hydrogens is 232 g/mol. The fourth-order valence-corrected chi connectivity index (χ4v) is 1.68. The van der Waals surface area contributed by atoms with Gasteiger partial charge in [0.1, 0.15) is 0 Å². The smallest absolute Gasteiger partial charge is 0.257 e. The predicted octanol–water partition coefficient (Wildman–Crippen LogP) is 3.53. The van der Waals surface area contributed by atoms with Gasteiger partial charge in [0, 0.05) is 0 Å². The van der Waals surface area contributed by atoms with E-state index in [-0.39, 0.29) is 12.4 Å². The van der Waals surface area contributed by atoms with Crippen LogP contribution in [0.15, 0.2) is 42.5 Å². The largest absolute Gasteiger partial charge is 0.319 e. The second kappa shape index (κ2) is 5.23. The number of alkyl halides is 2. The van der Waals surface area contributed by atoms with Gasteiger partial charge in [0.2, 0.25) is 0 Å². The summed E-state index contributed by atoms with van der Waals surface area (Å²) in [5.74, 6) is 0. The Kier molecular flexibility index (Phi) is 4.21. The number of hydrogen-bond acceptors (Lipinski definition) is 1. The molecule has 1 unspecified atom stereocenters. The average molecular weight is 244 g/mol. The van der Waals surface area contributed by atoms with Crippen molar-refractivity contribution in [1.82, 2.24) is 0 Å². The molecule has 0 saturated carbocycles. The summed E-state index contributed by atoms with van der Waals surface area (Å²) in [6.45, 7) is 0. The predicted molar refractivity (Wildman–Crippen MR) is 64.1 cm³/mol. The normalized spacial score (nSPS) is 12.5. The maximum absolute atomic E-state index is 12.5.